The fourth-order valence-corrected chi connectivity index (χ4v) is 5.43. The summed E-state index contributed by atoms with van der Waals surface area (Å²) < 4.78 is 30.8. The third kappa shape index (κ3) is 6.51. The van der Waals surface area contributed by atoms with Crippen LogP contribution < -0.4 is 5.32 Å². The van der Waals surface area contributed by atoms with Crippen LogP contribution in [0.1, 0.15) is 36.8 Å². The molecule has 1 aromatic rings. The normalized spacial score (nSPS) is 19.8. The average molecular weight is 438 g/mol. The van der Waals surface area contributed by atoms with Crippen molar-refractivity contribution < 1.29 is 17.9 Å². The number of amides is 1. The molecule has 3 rings (SSSR count). The standard InChI is InChI=1S/C22H35N3O4S/c1-18-5-3-4-6-19(18)17-22(26)23-11-14-25(21-9-15-29-16-10-21)20-7-12-24(13-8-20)30(2,27)28/h3-6,20-21H,7-17H2,1-2H3,(H,23,26). The van der Waals surface area contributed by atoms with Crippen LogP contribution in [0.25, 0.3) is 0 Å². The van der Waals surface area contributed by atoms with E-state index < -0.39 is 10.0 Å². The van der Waals surface area contributed by atoms with Crippen molar-refractivity contribution in [1.82, 2.24) is 14.5 Å². The van der Waals surface area contributed by atoms with Crippen molar-refractivity contribution in [3.63, 3.8) is 0 Å². The Morgan fingerprint density at radius 2 is 1.77 bits per heavy atom. The summed E-state index contributed by atoms with van der Waals surface area (Å²) in [7, 11) is -3.12. The van der Waals surface area contributed by atoms with Crippen LogP contribution in [-0.2, 0) is 26.0 Å². The zero-order valence-corrected chi connectivity index (χ0v) is 19.0. The monoisotopic (exact) mass is 437 g/mol. The Morgan fingerprint density at radius 1 is 1.13 bits per heavy atom. The molecule has 2 heterocycles. The molecule has 2 aliphatic heterocycles. The van der Waals surface area contributed by atoms with E-state index in [0.29, 0.717) is 38.1 Å². The quantitative estimate of drug-likeness (QED) is 0.668. The number of ether oxygens (including phenoxy) is 1. The molecule has 0 aliphatic carbocycles. The van der Waals surface area contributed by atoms with Crippen LogP contribution in [0.4, 0.5) is 0 Å². The molecular formula is C22H35N3O4S. The van der Waals surface area contributed by atoms with Gasteiger partial charge in [0.25, 0.3) is 0 Å². The van der Waals surface area contributed by atoms with E-state index in [9.17, 15) is 13.2 Å². The molecule has 0 spiro atoms. The van der Waals surface area contributed by atoms with Gasteiger partial charge < -0.3 is 10.1 Å². The Morgan fingerprint density at radius 3 is 2.40 bits per heavy atom. The molecule has 1 amide bonds. The Labute approximate surface area is 180 Å². The number of carbonyl (C=O) groups excluding carboxylic acids is 1. The van der Waals surface area contributed by atoms with Gasteiger partial charge in [0.15, 0.2) is 0 Å². The zero-order chi connectivity index (χ0) is 21.6. The molecule has 0 aromatic heterocycles. The SMILES string of the molecule is Cc1ccccc1CC(=O)NCCN(C1CCOCC1)C1CCN(S(C)(=O)=O)CC1. The van der Waals surface area contributed by atoms with E-state index in [1.807, 2.05) is 31.2 Å². The van der Waals surface area contributed by atoms with E-state index >= 15 is 0 Å². The van der Waals surface area contributed by atoms with Crippen molar-refractivity contribution in [3.05, 3.63) is 35.4 Å². The maximum absolute atomic E-state index is 12.4. The van der Waals surface area contributed by atoms with E-state index in [2.05, 4.69) is 10.2 Å². The second kappa shape index (κ2) is 10.7. The first-order valence-electron chi connectivity index (χ1n) is 10.9. The van der Waals surface area contributed by atoms with Gasteiger partial charge in [-0.05, 0) is 43.7 Å². The van der Waals surface area contributed by atoms with Gasteiger partial charge >= 0.3 is 0 Å². The second-order valence-corrected chi connectivity index (χ2v) is 10.4. The van der Waals surface area contributed by atoms with Gasteiger partial charge in [-0.1, -0.05) is 24.3 Å². The Hall–Kier alpha value is -1.48. The molecule has 0 radical (unpaired) electrons. The number of nitrogens with zero attached hydrogens (tertiary/aromatic N) is 2. The lowest BCUT2D eigenvalue weighted by atomic mass is 9.98. The van der Waals surface area contributed by atoms with E-state index in [0.717, 1.165) is 56.6 Å². The number of piperidine rings is 1. The van der Waals surface area contributed by atoms with Gasteiger partial charge in [-0.2, -0.15) is 0 Å². The van der Waals surface area contributed by atoms with Gasteiger partial charge in [0.1, 0.15) is 0 Å². The summed E-state index contributed by atoms with van der Waals surface area (Å²) >= 11 is 0. The maximum Gasteiger partial charge on any atom is 0.224 e. The minimum atomic E-state index is -3.12. The van der Waals surface area contributed by atoms with E-state index in [1.54, 1.807) is 4.31 Å². The van der Waals surface area contributed by atoms with Crippen LogP contribution in [0.15, 0.2) is 24.3 Å². The highest BCUT2D eigenvalue weighted by Crippen LogP contribution is 2.24. The topological polar surface area (TPSA) is 79.0 Å². The first-order chi connectivity index (χ1) is 14.3. The van der Waals surface area contributed by atoms with Crippen LogP contribution in [-0.4, -0.2) is 81.3 Å². The van der Waals surface area contributed by atoms with Crippen molar-refractivity contribution in [2.75, 3.05) is 45.6 Å². The van der Waals surface area contributed by atoms with E-state index in [1.165, 1.54) is 6.26 Å². The fraction of sp³-hybridized carbons (Fsp3) is 0.682. The molecule has 168 valence electrons. The van der Waals surface area contributed by atoms with Crippen LogP contribution in [0.2, 0.25) is 0 Å². The van der Waals surface area contributed by atoms with Gasteiger partial charge in [-0.25, -0.2) is 12.7 Å². The van der Waals surface area contributed by atoms with Crippen LogP contribution in [0.5, 0.6) is 0 Å². The first kappa shape index (κ1) is 23.2. The third-order valence-electron chi connectivity index (χ3n) is 6.33. The van der Waals surface area contributed by atoms with Gasteiger partial charge in [0, 0.05) is 51.5 Å². The number of nitrogens with one attached hydrogen (secondary N) is 1. The number of sulfonamides is 1. The molecule has 1 aromatic carbocycles. The second-order valence-electron chi connectivity index (χ2n) is 8.43. The molecule has 0 unspecified atom stereocenters. The largest absolute Gasteiger partial charge is 0.381 e. The summed E-state index contributed by atoms with van der Waals surface area (Å²) in [5, 5.41) is 3.08. The first-order valence-corrected chi connectivity index (χ1v) is 12.8. The number of hydrogen-bond acceptors (Lipinski definition) is 5. The predicted molar refractivity (Wildman–Crippen MR) is 118 cm³/mol. The molecule has 2 fully saturated rings. The molecule has 30 heavy (non-hydrogen) atoms. The Kier molecular flexibility index (Phi) is 8.27. The number of hydrogen-bond donors (Lipinski definition) is 1. The van der Waals surface area contributed by atoms with Crippen LogP contribution in [0, 0.1) is 6.92 Å². The van der Waals surface area contributed by atoms with Crippen LogP contribution >= 0.6 is 0 Å². The number of aryl methyl sites for hydroxylation is 1. The summed E-state index contributed by atoms with van der Waals surface area (Å²) in [5.74, 6) is 0.0446. The van der Waals surface area contributed by atoms with Gasteiger partial charge in [0.05, 0.1) is 12.7 Å². The van der Waals surface area contributed by atoms with Gasteiger partial charge in [-0.15, -0.1) is 0 Å². The number of benzene rings is 1. The smallest absolute Gasteiger partial charge is 0.224 e. The van der Waals surface area contributed by atoms with Crippen molar-refractivity contribution >= 4 is 15.9 Å². The van der Waals surface area contributed by atoms with Gasteiger partial charge in [0.2, 0.25) is 15.9 Å². The molecular weight excluding hydrogens is 402 g/mol. The Balaban J connectivity index is 1.54. The Bertz CT molecular complexity index is 800. The lowest BCUT2D eigenvalue weighted by molar-refractivity contribution is -0.120. The molecule has 0 saturated carbocycles. The lowest BCUT2D eigenvalue weighted by Gasteiger charge is -2.43. The fourth-order valence-electron chi connectivity index (χ4n) is 4.55. The molecule has 2 aliphatic rings. The minimum Gasteiger partial charge on any atom is -0.381 e. The highest BCUT2D eigenvalue weighted by atomic mass is 32.2. The highest BCUT2D eigenvalue weighted by molar-refractivity contribution is 7.88. The van der Waals surface area contributed by atoms with E-state index in [-0.39, 0.29) is 5.91 Å². The summed E-state index contributed by atoms with van der Waals surface area (Å²) in [5.41, 5.74) is 2.19. The van der Waals surface area contributed by atoms with Crippen molar-refractivity contribution in [3.8, 4) is 0 Å². The molecule has 2 saturated heterocycles. The van der Waals surface area contributed by atoms with Crippen molar-refractivity contribution in [2.45, 2.75) is 51.1 Å². The highest BCUT2D eigenvalue weighted by Gasteiger charge is 2.32. The summed E-state index contributed by atoms with van der Waals surface area (Å²) in [6.45, 7) is 6.10. The molecule has 7 nitrogen and oxygen atoms in total. The molecule has 1 N–H and O–H groups in total. The van der Waals surface area contributed by atoms with E-state index in [4.69, 9.17) is 4.74 Å². The van der Waals surface area contributed by atoms with Crippen molar-refractivity contribution in [2.24, 2.45) is 0 Å². The average Bonchev–Trinajstić information content (AvgIpc) is 2.73. The zero-order valence-electron chi connectivity index (χ0n) is 18.2. The number of rotatable bonds is 8. The lowest BCUT2D eigenvalue weighted by Crippen LogP contribution is -2.53. The van der Waals surface area contributed by atoms with Crippen molar-refractivity contribution in [1.29, 1.82) is 0 Å². The van der Waals surface area contributed by atoms with Crippen LogP contribution in [0.3, 0.4) is 0 Å². The number of carbonyl (C=O) groups is 1. The molecule has 0 atom stereocenters. The minimum absolute atomic E-state index is 0.0446. The maximum atomic E-state index is 12.4. The molecule has 0 bridgehead atoms. The predicted octanol–water partition coefficient (Wildman–Crippen LogP) is 1.56. The summed E-state index contributed by atoms with van der Waals surface area (Å²) in [4.78, 5) is 14.9. The summed E-state index contributed by atoms with van der Waals surface area (Å²) in [6.07, 6.45) is 5.33. The summed E-state index contributed by atoms with van der Waals surface area (Å²) in [6, 6.07) is 8.75. The molecule has 8 heteroatoms. The van der Waals surface area contributed by atoms with Gasteiger partial charge in [-0.3, -0.25) is 9.69 Å². The third-order valence-corrected chi connectivity index (χ3v) is 7.63.